The molecule has 1 saturated carbocycles. The first-order chi connectivity index (χ1) is 10.3. The molecule has 2 heteroatoms. The third kappa shape index (κ3) is 3.17. The molecule has 1 unspecified atom stereocenters. The molecule has 1 aromatic heterocycles. The van der Waals surface area contributed by atoms with Crippen LogP contribution in [0.15, 0.2) is 29.6 Å². The second-order valence-electron chi connectivity index (χ2n) is 6.41. The van der Waals surface area contributed by atoms with Crippen LogP contribution in [0.3, 0.4) is 0 Å². The Morgan fingerprint density at radius 1 is 1.14 bits per heavy atom. The van der Waals surface area contributed by atoms with Crippen LogP contribution < -0.4 is 5.32 Å². The molecule has 1 nitrogen and oxygen atoms in total. The summed E-state index contributed by atoms with van der Waals surface area (Å²) < 4.78 is 1.43. The summed E-state index contributed by atoms with van der Waals surface area (Å²) in [5, 5.41) is 7.64. The van der Waals surface area contributed by atoms with Gasteiger partial charge in [-0.05, 0) is 53.6 Å². The summed E-state index contributed by atoms with van der Waals surface area (Å²) in [7, 11) is 0. The van der Waals surface area contributed by atoms with Gasteiger partial charge in [-0.25, -0.2) is 0 Å². The Hall–Kier alpha value is -0.860. The molecule has 1 heterocycles. The van der Waals surface area contributed by atoms with Crippen molar-refractivity contribution in [1.29, 1.82) is 0 Å². The van der Waals surface area contributed by atoms with E-state index in [-0.39, 0.29) is 0 Å². The maximum absolute atomic E-state index is 3.79. The number of rotatable bonds is 5. The lowest BCUT2D eigenvalue weighted by molar-refractivity contribution is 0.221. The normalized spacial score (nSPS) is 24.3. The first-order valence-corrected chi connectivity index (χ1v) is 9.41. The molecule has 0 saturated heterocycles. The summed E-state index contributed by atoms with van der Waals surface area (Å²) in [6.07, 6.45) is 6.98. The first kappa shape index (κ1) is 15.1. The number of fused-ring (bicyclic) bond motifs is 1. The van der Waals surface area contributed by atoms with E-state index in [4.69, 9.17) is 0 Å². The van der Waals surface area contributed by atoms with Crippen LogP contribution in [0.2, 0.25) is 0 Å². The Balaban J connectivity index is 1.84. The van der Waals surface area contributed by atoms with Crippen molar-refractivity contribution in [2.75, 3.05) is 6.54 Å². The predicted octanol–water partition coefficient (Wildman–Crippen LogP) is 5.77. The highest BCUT2D eigenvalue weighted by molar-refractivity contribution is 7.17. The summed E-state index contributed by atoms with van der Waals surface area (Å²) in [4.78, 5) is 0. The van der Waals surface area contributed by atoms with Crippen LogP contribution in [0.1, 0.15) is 57.6 Å². The second kappa shape index (κ2) is 6.93. The number of thiophene rings is 1. The molecule has 1 aliphatic rings. The van der Waals surface area contributed by atoms with E-state index in [1.54, 1.807) is 0 Å². The maximum Gasteiger partial charge on any atom is 0.0363 e. The molecule has 0 bridgehead atoms. The molecule has 1 fully saturated rings. The van der Waals surface area contributed by atoms with Crippen molar-refractivity contribution in [2.45, 2.75) is 52.0 Å². The molecule has 1 N–H and O–H groups in total. The lowest BCUT2D eigenvalue weighted by Gasteiger charge is -2.34. The van der Waals surface area contributed by atoms with Crippen LogP contribution in [0, 0.1) is 11.8 Å². The van der Waals surface area contributed by atoms with E-state index in [0.717, 1.165) is 18.4 Å². The van der Waals surface area contributed by atoms with E-state index in [9.17, 15) is 0 Å². The van der Waals surface area contributed by atoms with Gasteiger partial charge in [0.25, 0.3) is 0 Å². The number of benzene rings is 1. The Morgan fingerprint density at radius 3 is 2.62 bits per heavy atom. The van der Waals surface area contributed by atoms with Crippen molar-refractivity contribution in [3.8, 4) is 0 Å². The average molecular weight is 301 g/mol. The quantitative estimate of drug-likeness (QED) is 0.739. The molecule has 21 heavy (non-hydrogen) atoms. The molecule has 1 aromatic carbocycles. The molecular formula is C19H27NS. The Kier molecular flexibility index (Phi) is 4.97. The summed E-state index contributed by atoms with van der Waals surface area (Å²) in [5.41, 5.74) is 1.54. The number of hydrogen-bond acceptors (Lipinski definition) is 2. The summed E-state index contributed by atoms with van der Waals surface area (Å²) >= 11 is 1.90. The lowest BCUT2D eigenvalue weighted by Crippen LogP contribution is -2.30. The van der Waals surface area contributed by atoms with Gasteiger partial charge < -0.3 is 5.32 Å². The van der Waals surface area contributed by atoms with Gasteiger partial charge >= 0.3 is 0 Å². The van der Waals surface area contributed by atoms with Gasteiger partial charge in [-0.1, -0.05) is 51.3 Å². The molecule has 1 aliphatic carbocycles. The van der Waals surface area contributed by atoms with Gasteiger partial charge in [0.05, 0.1) is 0 Å². The molecule has 0 radical (unpaired) electrons. The van der Waals surface area contributed by atoms with Crippen LogP contribution >= 0.6 is 11.3 Å². The van der Waals surface area contributed by atoms with Crippen LogP contribution in [-0.2, 0) is 0 Å². The largest absolute Gasteiger partial charge is 0.310 e. The van der Waals surface area contributed by atoms with Crippen molar-refractivity contribution in [1.82, 2.24) is 5.32 Å². The molecule has 3 rings (SSSR count). The zero-order valence-corrected chi connectivity index (χ0v) is 14.1. The molecule has 0 amide bonds. The molecule has 2 aromatic rings. The van der Waals surface area contributed by atoms with E-state index >= 15 is 0 Å². The number of hydrogen-bond donors (Lipinski definition) is 1. The minimum Gasteiger partial charge on any atom is -0.310 e. The Bertz CT molecular complexity index is 566. The summed E-state index contributed by atoms with van der Waals surface area (Å²) in [6.45, 7) is 5.64. The van der Waals surface area contributed by atoms with Crippen molar-refractivity contribution in [2.24, 2.45) is 11.8 Å². The van der Waals surface area contributed by atoms with Crippen molar-refractivity contribution in [3.05, 3.63) is 35.2 Å². The zero-order valence-electron chi connectivity index (χ0n) is 13.3. The monoisotopic (exact) mass is 301 g/mol. The Morgan fingerprint density at radius 2 is 1.90 bits per heavy atom. The Labute approximate surface area is 132 Å². The van der Waals surface area contributed by atoms with Gasteiger partial charge in [0.1, 0.15) is 0 Å². The van der Waals surface area contributed by atoms with Gasteiger partial charge in [0.15, 0.2) is 0 Å². The third-order valence-electron chi connectivity index (χ3n) is 5.21. The second-order valence-corrected chi connectivity index (χ2v) is 7.32. The molecule has 0 aliphatic heterocycles. The third-order valence-corrected chi connectivity index (χ3v) is 6.19. The van der Waals surface area contributed by atoms with Gasteiger partial charge in [-0.15, -0.1) is 11.3 Å². The van der Waals surface area contributed by atoms with Gasteiger partial charge in [-0.3, -0.25) is 0 Å². The van der Waals surface area contributed by atoms with Crippen LogP contribution in [0.5, 0.6) is 0 Å². The fourth-order valence-electron chi connectivity index (χ4n) is 3.92. The fraction of sp³-hybridized carbons (Fsp3) is 0.579. The van der Waals surface area contributed by atoms with Crippen LogP contribution in [0.4, 0.5) is 0 Å². The van der Waals surface area contributed by atoms with Crippen molar-refractivity contribution < 1.29 is 0 Å². The van der Waals surface area contributed by atoms with Gasteiger partial charge in [0, 0.05) is 10.7 Å². The van der Waals surface area contributed by atoms with Crippen LogP contribution in [0.25, 0.3) is 10.1 Å². The van der Waals surface area contributed by atoms with Gasteiger partial charge in [0.2, 0.25) is 0 Å². The SMILES string of the molecule is CCNC(c1csc2ccccc12)C1CCC(CC)CC1. The minimum absolute atomic E-state index is 0.545. The van der Waals surface area contributed by atoms with E-state index in [0.29, 0.717) is 6.04 Å². The highest BCUT2D eigenvalue weighted by Crippen LogP contribution is 2.41. The molecule has 114 valence electrons. The molecule has 0 spiro atoms. The van der Waals surface area contributed by atoms with E-state index in [1.807, 2.05) is 11.3 Å². The smallest absolute Gasteiger partial charge is 0.0363 e. The summed E-state index contributed by atoms with van der Waals surface area (Å²) in [5.74, 6) is 1.79. The molecular weight excluding hydrogens is 274 g/mol. The van der Waals surface area contributed by atoms with Crippen LogP contribution in [-0.4, -0.2) is 6.54 Å². The van der Waals surface area contributed by atoms with Crippen molar-refractivity contribution in [3.63, 3.8) is 0 Å². The standard InChI is InChI=1S/C19H27NS/c1-3-14-9-11-15(12-10-14)19(20-4-2)17-13-21-18-8-6-5-7-16(17)18/h5-8,13-15,19-20H,3-4,9-12H2,1-2H3. The van der Waals surface area contributed by atoms with Crippen molar-refractivity contribution >= 4 is 21.4 Å². The van der Waals surface area contributed by atoms with E-state index < -0.39 is 0 Å². The van der Waals surface area contributed by atoms with Gasteiger partial charge in [-0.2, -0.15) is 0 Å². The molecule has 1 atom stereocenters. The maximum atomic E-state index is 3.79. The van der Waals surface area contributed by atoms with E-state index in [2.05, 4.69) is 48.8 Å². The zero-order chi connectivity index (χ0) is 14.7. The average Bonchev–Trinajstić information content (AvgIpc) is 2.97. The van der Waals surface area contributed by atoms with E-state index in [1.165, 1.54) is 47.8 Å². The fourth-order valence-corrected chi connectivity index (χ4v) is 4.92. The number of nitrogens with one attached hydrogen (secondary N) is 1. The topological polar surface area (TPSA) is 12.0 Å². The predicted molar refractivity (Wildman–Crippen MR) is 94.0 cm³/mol. The highest BCUT2D eigenvalue weighted by atomic mass is 32.1. The minimum atomic E-state index is 0.545. The summed E-state index contributed by atoms with van der Waals surface area (Å²) in [6, 6.07) is 9.42. The highest BCUT2D eigenvalue weighted by Gasteiger charge is 2.28. The lowest BCUT2D eigenvalue weighted by atomic mass is 9.76. The first-order valence-electron chi connectivity index (χ1n) is 8.53.